The predicted octanol–water partition coefficient (Wildman–Crippen LogP) is 2.25. The molecule has 0 aromatic rings. The van der Waals surface area contributed by atoms with Gasteiger partial charge in [-0.25, -0.2) is 0 Å². The second kappa shape index (κ2) is 10.1. The van der Waals surface area contributed by atoms with Gasteiger partial charge in [-0.2, -0.15) is 6.42 Å². The van der Waals surface area contributed by atoms with E-state index in [1.165, 1.54) is 0 Å². The van der Waals surface area contributed by atoms with Gasteiger partial charge in [-0.05, 0) is 5.41 Å². The fraction of sp³-hybridized carbons (Fsp3) is 0.875. The molecule has 0 spiro atoms. The first kappa shape index (κ1) is 17.2. The summed E-state index contributed by atoms with van der Waals surface area (Å²) < 4.78 is 0. The molecule has 0 aliphatic rings. The monoisotopic (exact) mass is 220 g/mol. The Morgan fingerprint density at radius 3 is 1.30 bits per heavy atom. The maximum atomic E-state index is 7.81. The Kier molecular flexibility index (Phi) is 17.3. The van der Waals surface area contributed by atoms with Gasteiger partial charge in [0.1, 0.15) is 0 Å². The van der Waals surface area contributed by atoms with Gasteiger partial charge in [-0.15, -0.1) is 0 Å². The maximum Gasteiger partial charge on any atom is 0.0159 e. The van der Waals surface area contributed by atoms with Gasteiger partial charge in [0, 0.05) is 39.3 Å². The smallest absolute Gasteiger partial charge is 0.0159 e. The molecule has 0 saturated carbocycles. The molecule has 0 saturated heterocycles. The molecule has 0 aromatic carbocycles. The van der Waals surface area contributed by atoms with E-state index in [0.29, 0.717) is 11.8 Å². The zero-order valence-corrected chi connectivity index (χ0v) is 10.5. The summed E-state index contributed by atoms with van der Waals surface area (Å²) in [4.78, 5) is 0. The van der Waals surface area contributed by atoms with Crippen molar-refractivity contribution in [2.24, 2.45) is 5.41 Å². The van der Waals surface area contributed by atoms with Crippen molar-refractivity contribution in [2.75, 3.05) is 6.61 Å². The standard InChI is InChI=1S/C5H12.C3H7O.Y/c1-5(2,3)4;1-2-3-4;/h1-4H3;4H,1-3H2;/q;-1;. The molecule has 0 bridgehead atoms. The summed E-state index contributed by atoms with van der Waals surface area (Å²) in [5, 5.41) is 7.81. The Bertz CT molecular complexity index is 39.7. The summed E-state index contributed by atoms with van der Waals surface area (Å²) in [5.41, 5.74) is 0.500. The minimum Gasteiger partial charge on any atom is -0.399 e. The van der Waals surface area contributed by atoms with E-state index in [1.807, 2.05) is 0 Å². The zero-order valence-electron chi connectivity index (χ0n) is 7.65. The van der Waals surface area contributed by atoms with Crippen molar-refractivity contribution in [3.63, 3.8) is 0 Å². The summed E-state index contributed by atoms with van der Waals surface area (Å²) in [6, 6.07) is 0. The van der Waals surface area contributed by atoms with Crippen molar-refractivity contribution in [2.45, 2.75) is 34.1 Å². The molecule has 0 unspecified atom stereocenters. The minimum absolute atomic E-state index is 0. The summed E-state index contributed by atoms with van der Waals surface area (Å²) in [5.74, 6) is 0. The molecular formula is C8H19OY-. The first-order chi connectivity index (χ1) is 3.91. The first-order valence-corrected chi connectivity index (χ1v) is 3.32. The molecule has 0 heterocycles. The van der Waals surface area contributed by atoms with Crippen LogP contribution in [-0.4, -0.2) is 11.7 Å². The SMILES string of the molecule is CC(C)(C)C.[CH2-]CCO.[Y]. The fourth-order valence-corrected chi connectivity index (χ4v) is 0. The first-order valence-electron chi connectivity index (χ1n) is 3.32. The second-order valence-corrected chi connectivity index (χ2v) is 3.58. The molecule has 0 atom stereocenters. The Balaban J connectivity index is -0.0000000910. The van der Waals surface area contributed by atoms with Crippen LogP contribution in [0.25, 0.3) is 0 Å². The Morgan fingerprint density at radius 2 is 1.30 bits per heavy atom. The summed E-state index contributed by atoms with van der Waals surface area (Å²) >= 11 is 0. The molecule has 0 rings (SSSR count). The third-order valence-corrected chi connectivity index (χ3v) is 0.158. The second-order valence-electron chi connectivity index (χ2n) is 3.58. The molecule has 0 aromatic heterocycles. The van der Waals surface area contributed by atoms with Crippen LogP contribution in [0.4, 0.5) is 0 Å². The Morgan fingerprint density at radius 1 is 1.20 bits per heavy atom. The molecule has 1 nitrogen and oxygen atoms in total. The quantitative estimate of drug-likeness (QED) is 0.672. The Labute approximate surface area is 90.5 Å². The van der Waals surface area contributed by atoms with Crippen molar-refractivity contribution in [1.82, 2.24) is 0 Å². The number of rotatable bonds is 1. The van der Waals surface area contributed by atoms with E-state index < -0.39 is 0 Å². The van der Waals surface area contributed by atoms with Gasteiger partial charge in [-0.1, -0.05) is 27.7 Å². The normalized spacial score (nSPS) is 9.00. The van der Waals surface area contributed by atoms with E-state index in [9.17, 15) is 0 Å². The van der Waals surface area contributed by atoms with Gasteiger partial charge in [-0.3, -0.25) is 0 Å². The van der Waals surface area contributed by atoms with Crippen molar-refractivity contribution in [3.8, 4) is 0 Å². The molecule has 0 amide bonds. The van der Waals surface area contributed by atoms with Crippen LogP contribution in [0.15, 0.2) is 0 Å². The van der Waals surface area contributed by atoms with Crippen LogP contribution in [0, 0.1) is 12.3 Å². The van der Waals surface area contributed by atoms with E-state index in [0.717, 1.165) is 0 Å². The molecular weight excluding hydrogens is 201 g/mol. The third kappa shape index (κ3) is 138. The number of aliphatic hydroxyl groups is 1. The van der Waals surface area contributed by atoms with E-state index in [-0.39, 0.29) is 39.3 Å². The van der Waals surface area contributed by atoms with E-state index in [4.69, 9.17) is 5.11 Å². The molecule has 0 aliphatic heterocycles. The van der Waals surface area contributed by atoms with Gasteiger partial charge in [0.15, 0.2) is 0 Å². The van der Waals surface area contributed by atoms with Gasteiger partial charge in [0.25, 0.3) is 0 Å². The van der Waals surface area contributed by atoms with Crippen LogP contribution in [0.2, 0.25) is 0 Å². The van der Waals surface area contributed by atoms with Crippen molar-refractivity contribution in [3.05, 3.63) is 6.92 Å². The average molecular weight is 220 g/mol. The number of hydrogen-bond donors (Lipinski definition) is 1. The predicted molar refractivity (Wildman–Crippen MR) is 42.2 cm³/mol. The van der Waals surface area contributed by atoms with Gasteiger partial charge in [0.2, 0.25) is 0 Å². The zero-order chi connectivity index (χ0) is 7.91. The van der Waals surface area contributed by atoms with Crippen molar-refractivity contribution < 1.29 is 37.8 Å². The molecule has 10 heavy (non-hydrogen) atoms. The average Bonchev–Trinajstić information content (AvgIpc) is 1.61. The summed E-state index contributed by atoms with van der Waals surface area (Å²) in [6.07, 6.45) is 0.625. The maximum absolute atomic E-state index is 7.81. The Hall–Kier alpha value is 1.06. The summed E-state index contributed by atoms with van der Waals surface area (Å²) in [6.45, 7) is 12.3. The van der Waals surface area contributed by atoms with Gasteiger partial charge >= 0.3 is 0 Å². The largest absolute Gasteiger partial charge is 0.399 e. The third-order valence-electron chi connectivity index (χ3n) is 0.158. The van der Waals surface area contributed by atoms with E-state index in [1.54, 1.807) is 0 Å². The minimum atomic E-state index is 0. The molecule has 0 fully saturated rings. The molecule has 61 valence electrons. The molecule has 0 aliphatic carbocycles. The number of aliphatic hydroxyl groups excluding tert-OH is 1. The fourth-order valence-electron chi connectivity index (χ4n) is 0. The molecule has 1 radical (unpaired) electrons. The van der Waals surface area contributed by atoms with Crippen molar-refractivity contribution in [1.29, 1.82) is 0 Å². The summed E-state index contributed by atoms with van der Waals surface area (Å²) in [7, 11) is 0. The van der Waals surface area contributed by atoms with Crippen LogP contribution in [0.3, 0.4) is 0 Å². The van der Waals surface area contributed by atoms with Crippen LogP contribution >= 0.6 is 0 Å². The van der Waals surface area contributed by atoms with Crippen molar-refractivity contribution >= 4 is 0 Å². The van der Waals surface area contributed by atoms with E-state index >= 15 is 0 Å². The van der Waals surface area contributed by atoms with Crippen LogP contribution in [0.1, 0.15) is 34.1 Å². The van der Waals surface area contributed by atoms with Crippen LogP contribution in [-0.2, 0) is 32.7 Å². The molecule has 1 N–H and O–H groups in total. The van der Waals surface area contributed by atoms with E-state index in [2.05, 4.69) is 34.6 Å². The van der Waals surface area contributed by atoms with Crippen LogP contribution < -0.4 is 0 Å². The van der Waals surface area contributed by atoms with Gasteiger partial charge in [0.05, 0.1) is 0 Å². The number of hydrogen-bond acceptors (Lipinski definition) is 1. The topological polar surface area (TPSA) is 20.2 Å². The van der Waals surface area contributed by atoms with Crippen LogP contribution in [0.5, 0.6) is 0 Å². The molecule has 2 heteroatoms. The van der Waals surface area contributed by atoms with Gasteiger partial charge < -0.3 is 12.0 Å².